The number of aliphatic hydroxyl groups is 1. The molecule has 3 rings (SSSR count). The molecule has 0 bridgehead atoms. The Bertz CT molecular complexity index is 665. The van der Waals surface area contributed by atoms with E-state index in [0.717, 1.165) is 45.6 Å². The van der Waals surface area contributed by atoms with E-state index in [1.54, 1.807) is 0 Å². The number of hydroxylamine groups is 2. The van der Waals surface area contributed by atoms with Crippen LogP contribution in [0, 0.1) is 11.8 Å². The van der Waals surface area contributed by atoms with Crippen LogP contribution >= 0.6 is 7.82 Å². The fourth-order valence-electron chi connectivity index (χ4n) is 3.92. The number of rotatable bonds is 11. The largest absolute Gasteiger partial charge is 0.756 e. The summed E-state index contributed by atoms with van der Waals surface area (Å²) in [6.07, 6.45) is 13.8. The minimum atomic E-state index is -4.17. The van der Waals surface area contributed by atoms with E-state index in [2.05, 4.69) is 9.05 Å². The third-order valence-corrected chi connectivity index (χ3v) is 7.05. The summed E-state index contributed by atoms with van der Waals surface area (Å²) >= 11 is 0. The molecule has 2 aliphatic carbocycles. The van der Waals surface area contributed by atoms with Crippen LogP contribution in [0.5, 0.6) is 0 Å². The van der Waals surface area contributed by atoms with Crippen LogP contribution in [-0.4, -0.2) is 54.8 Å². The van der Waals surface area contributed by atoms with E-state index in [4.69, 9.17) is 15.7 Å². The summed E-state index contributed by atoms with van der Waals surface area (Å²) in [4.78, 5) is 49.5. The van der Waals surface area contributed by atoms with Gasteiger partial charge in [-0.05, 0) is 32.2 Å². The maximum atomic E-state index is 11.5. The van der Waals surface area contributed by atoms with Crippen LogP contribution < -0.4 is 10.6 Å². The first-order valence-corrected chi connectivity index (χ1v) is 14.1. The second-order valence-electron chi connectivity index (χ2n) is 9.00. The second kappa shape index (κ2) is 20.2. The standard InChI is InChI=1S/C10H13NO4.C8H20NO5P.C5H10.Fe/c12-8-5-6-9(13)11(8)15-10(14)7-3-1-2-4-7;1-13-15(11,12)14-7-8(6-10)4-2-3-5-9;1-2-4-5-3-1;/h7H,1-6H2;8,10H,2-7,9H2,1H3,(H,11,12);1-5H2;/p-1. The maximum Gasteiger partial charge on any atom is 0.336 e. The predicted octanol–water partition coefficient (Wildman–Crippen LogP) is 2.59. The summed E-state index contributed by atoms with van der Waals surface area (Å²) in [5, 5.41) is 9.58. The van der Waals surface area contributed by atoms with E-state index in [0.29, 0.717) is 18.0 Å². The molecule has 2 saturated carbocycles. The molecular weight excluding hydrogens is 535 g/mol. The number of hydrogen-bond acceptors (Lipinski definition) is 10. The molecule has 1 aliphatic heterocycles. The molecule has 2 atom stereocenters. The summed E-state index contributed by atoms with van der Waals surface area (Å²) < 4.78 is 19.5. The van der Waals surface area contributed by atoms with Crippen LogP contribution in [0.15, 0.2) is 0 Å². The average molecular weight is 577 g/mol. The number of amides is 2. The van der Waals surface area contributed by atoms with Crippen LogP contribution in [0.4, 0.5) is 0 Å². The molecule has 1 saturated heterocycles. The topological polar surface area (TPSA) is 169 Å². The minimum Gasteiger partial charge on any atom is -0.756 e. The number of imide groups is 1. The first-order chi connectivity index (χ1) is 16.7. The van der Waals surface area contributed by atoms with Crippen molar-refractivity contribution in [2.75, 3.05) is 26.9 Å². The molecule has 3 N–H and O–H groups in total. The molecule has 11 nitrogen and oxygen atoms in total. The number of carbonyl (C=O) groups is 3. The second-order valence-corrected chi connectivity index (χ2v) is 10.5. The van der Waals surface area contributed by atoms with E-state index in [-0.39, 0.29) is 55.0 Å². The Kier molecular flexibility index (Phi) is 19.7. The summed E-state index contributed by atoms with van der Waals surface area (Å²) in [5.41, 5.74) is 5.31. The summed E-state index contributed by atoms with van der Waals surface area (Å²) in [6, 6.07) is 0. The van der Waals surface area contributed by atoms with Gasteiger partial charge >= 0.3 is 5.97 Å². The Labute approximate surface area is 224 Å². The van der Waals surface area contributed by atoms with Crippen molar-refractivity contribution in [3.8, 4) is 0 Å². The van der Waals surface area contributed by atoms with Gasteiger partial charge in [0, 0.05) is 49.5 Å². The third-order valence-electron chi connectivity index (χ3n) is 6.14. The average Bonchev–Trinajstić information content (AvgIpc) is 3.64. The molecule has 212 valence electrons. The van der Waals surface area contributed by atoms with Gasteiger partial charge in [0.2, 0.25) is 0 Å². The van der Waals surface area contributed by atoms with E-state index in [1.807, 2.05) is 0 Å². The number of carbonyl (C=O) groups excluding carboxylic acids is 3. The van der Waals surface area contributed by atoms with E-state index < -0.39 is 25.6 Å². The van der Waals surface area contributed by atoms with Crippen LogP contribution in [0.25, 0.3) is 0 Å². The third kappa shape index (κ3) is 14.8. The van der Waals surface area contributed by atoms with Crippen molar-refractivity contribution in [1.29, 1.82) is 0 Å². The summed E-state index contributed by atoms with van der Waals surface area (Å²) in [7, 11) is -3.13. The van der Waals surface area contributed by atoms with Gasteiger partial charge in [-0.15, -0.1) is 5.06 Å². The fraction of sp³-hybridized carbons (Fsp3) is 0.870. The predicted molar refractivity (Wildman–Crippen MR) is 126 cm³/mol. The molecule has 0 aromatic rings. The van der Waals surface area contributed by atoms with Crippen molar-refractivity contribution in [1.82, 2.24) is 5.06 Å². The number of nitrogens with zero attached hydrogens (tertiary/aromatic N) is 1. The molecule has 0 aromatic carbocycles. The van der Waals surface area contributed by atoms with Gasteiger partial charge in [0.05, 0.1) is 12.5 Å². The Balaban J connectivity index is 0.000000556. The van der Waals surface area contributed by atoms with Crippen molar-refractivity contribution in [3.63, 3.8) is 0 Å². The molecule has 13 heteroatoms. The molecule has 3 aliphatic rings. The minimum absolute atomic E-state index is 0. The Hall–Kier alpha value is -0.841. The maximum absolute atomic E-state index is 11.5. The molecule has 0 aromatic heterocycles. The van der Waals surface area contributed by atoms with E-state index in [1.165, 1.54) is 32.1 Å². The molecule has 3 fully saturated rings. The normalized spacial score (nSPS) is 19.9. The van der Waals surface area contributed by atoms with E-state index in [9.17, 15) is 23.8 Å². The molecule has 2 amide bonds. The molecule has 0 radical (unpaired) electrons. The first-order valence-electron chi connectivity index (χ1n) is 12.6. The monoisotopic (exact) mass is 577 g/mol. The smallest absolute Gasteiger partial charge is 0.336 e. The Morgan fingerprint density at radius 1 is 1.08 bits per heavy atom. The summed E-state index contributed by atoms with van der Waals surface area (Å²) in [6.45, 7) is 0.446. The number of phosphoric ester groups is 1. The number of phosphoric acid groups is 1. The quantitative estimate of drug-likeness (QED) is 0.161. The van der Waals surface area contributed by atoms with Crippen LogP contribution in [0.1, 0.15) is 89.9 Å². The zero-order valence-corrected chi connectivity index (χ0v) is 23.2. The molecular formula is C23H42FeN2O9P-. The van der Waals surface area contributed by atoms with Crippen molar-refractivity contribution in [3.05, 3.63) is 0 Å². The first kappa shape index (κ1) is 35.2. The van der Waals surface area contributed by atoms with Gasteiger partial charge in [-0.25, -0.2) is 4.79 Å². The summed E-state index contributed by atoms with van der Waals surface area (Å²) in [5.74, 6) is -1.58. The SMILES string of the molecule is C1CCCC1.COP(=O)([O-])OCC(CO)CCCCN.O=C(ON1C(=O)CCC1=O)C1CCCC1.[Fe]. The molecule has 2 unspecified atom stereocenters. The van der Waals surface area contributed by atoms with Gasteiger partial charge < -0.3 is 29.6 Å². The fourth-order valence-corrected chi connectivity index (χ4v) is 4.42. The van der Waals surface area contributed by atoms with Crippen molar-refractivity contribution >= 4 is 25.6 Å². The Morgan fingerprint density at radius 3 is 2.06 bits per heavy atom. The van der Waals surface area contributed by atoms with Crippen molar-refractivity contribution in [2.24, 2.45) is 17.6 Å². The van der Waals surface area contributed by atoms with Gasteiger partial charge in [0.15, 0.2) is 0 Å². The van der Waals surface area contributed by atoms with Crippen molar-refractivity contribution in [2.45, 2.75) is 89.9 Å². The zero-order chi connectivity index (χ0) is 26.1. The number of nitrogens with two attached hydrogens (primary N) is 1. The van der Waals surface area contributed by atoms with Gasteiger partial charge in [0.1, 0.15) is 0 Å². The number of unbranched alkanes of at least 4 members (excludes halogenated alkanes) is 1. The van der Waals surface area contributed by atoms with Gasteiger partial charge in [-0.1, -0.05) is 51.4 Å². The van der Waals surface area contributed by atoms with Gasteiger partial charge in [-0.2, -0.15) is 0 Å². The van der Waals surface area contributed by atoms with Gasteiger partial charge in [0.25, 0.3) is 19.6 Å². The van der Waals surface area contributed by atoms with E-state index >= 15 is 0 Å². The van der Waals surface area contributed by atoms with Crippen LogP contribution in [0.3, 0.4) is 0 Å². The molecule has 0 spiro atoms. The van der Waals surface area contributed by atoms with Gasteiger partial charge in [-0.3, -0.25) is 14.2 Å². The van der Waals surface area contributed by atoms with Crippen molar-refractivity contribution < 1.29 is 59.9 Å². The van der Waals surface area contributed by atoms with Crippen LogP contribution in [0.2, 0.25) is 0 Å². The molecule has 1 heterocycles. The number of aliphatic hydroxyl groups excluding tert-OH is 1. The zero-order valence-electron chi connectivity index (χ0n) is 21.2. The van der Waals surface area contributed by atoms with Crippen LogP contribution in [-0.2, 0) is 49.9 Å². The number of hydrogen-bond donors (Lipinski definition) is 2. The Morgan fingerprint density at radius 2 is 1.61 bits per heavy atom. The molecule has 36 heavy (non-hydrogen) atoms.